The number of nitrogens with two attached hydrogens (primary N) is 1. The van der Waals surface area contributed by atoms with Gasteiger partial charge in [0.2, 0.25) is 11.8 Å². The van der Waals surface area contributed by atoms with Gasteiger partial charge in [0.05, 0.1) is 18.7 Å². The molecular formula is C23H35N3O4. The molecule has 0 saturated carbocycles. The van der Waals surface area contributed by atoms with Crippen molar-refractivity contribution in [3.63, 3.8) is 0 Å². The maximum absolute atomic E-state index is 13.2. The first-order chi connectivity index (χ1) is 14.0. The fourth-order valence-corrected chi connectivity index (χ4v) is 3.22. The van der Waals surface area contributed by atoms with Crippen molar-refractivity contribution in [2.75, 3.05) is 6.61 Å². The van der Waals surface area contributed by atoms with Crippen LogP contribution >= 0.6 is 0 Å². The lowest BCUT2D eigenvalue weighted by Crippen LogP contribution is -2.57. The van der Waals surface area contributed by atoms with Crippen LogP contribution in [0.25, 0.3) is 0 Å². The zero-order valence-corrected chi connectivity index (χ0v) is 18.6. The van der Waals surface area contributed by atoms with Gasteiger partial charge in [-0.25, -0.2) is 0 Å². The topological polar surface area (TPSA) is 114 Å². The Morgan fingerprint density at radius 3 is 2.10 bits per heavy atom. The van der Waals surface area contributed by atoms with E-state index in [9.17, 15) is 14.4 Å². The number of amides is 2. The summed E-state index contributed by atoms with van der Waals surface area (Å²) in [4.78, 5) is 38.6. The van der Waals surface area contributed by atoms with Crippen LogP contribution in [0.5, 0.6) is 0 Å². The summed E-state index contributed by atoms with van der Waals surface area (Å²) >= 11 is 0. The Bertz CT molecular complexity index is 744. The van der Waals surface area contributed by atoms with Gasteiger partial charge in [0.25, 0.3) is 0 Å². The molecule has 7 nitrogen and oxygen atoms in total. The third-order valence-electron chi connectivity index (χ3n) is 5.38. The Labute approximate surface area is 179 Å². The molecule has 0 spiro atoms. The Hall–Kier alpha value is -2.25. The van der Waals surface area contributed by atoms with Crippen molar-refractivity contribution in [3.8, 4) is 0 Å². The molecule has 0 unspecified atom stereocenters. The van der Waals surface area contributed by atoms with Crippen molar-refractivity contribution in [1.82, 2.24) is 10.6 Å². The van der Waals surface area contributed by atoms with E-state index in [0.29, 0.717) is 19.4 Å². The molecule has 1 aliphatic rings. The van der Waals surface area contributed by atoms with E-state index in [1.807, 2.05) is 58.0 Å². The number of Topliss-reactive ketones (excluding diaryl/α,β-unsaturated/α-hetero) is 1. The van der Waals surface area contributed by atoms with Gasteiger partial charge in [-0.05, 0) is 30.7 Å². The van der Waals surface area contributed by atoms with Crippen molar-refractivity contribution in [2.24, 2.45) is 17.6 Å². The molecule has 2 rings (SSSR count). The number of benzene rings is 1. The molecule has 166 valence electrons. The van der Waals surface area contributed by atoms with E-state index in [1.165, 1.54) is 0 Å². The predicted molar refractivity (Wildman–Crippen MR) is 116 cm³/mol. The molecule has 0 aromatic heterocycles. The second-order valence-electron chi connectivity index (χ2n) is 9.10. The number of rotatable bonds is 11. The lowest BCUT2D eigenvalue weighted by atomic mass is 9.93. The van der Waals surface area contributed by atoms with Gasteiger partial charge in [0.15, 0.2) is 5.78 Å². The number of carbonyl (C=O) groups excluding carboxylic acids is 3. The summed E-state index contributed by atoms with van der Waals surface area (Å²) in [6.45, 7) is 9.79. The van der Waals surface area contributed by atoms with Gasteiger partial charge in [0, 0.05) is 6.42 Å². The molecule has 4 atom stereocenters. The summed E-state index contributed by atoms with van der Waals surface area (Å²) in [6, 6.07) is 7.21. The zero-order chi connectivity index (χ0) is 22.5. The largest absolute Gasteiger partial charge is 0.361 e. The number of ketones is 1. The van der Waals surface area contributed by atoms with Crippen LogP contribution in [0.15, 0.2) is 30.3 Å². The predicted octanol–water partition coefficient (Wildman–Crippen LogP) is 1.59. The molecule has 1 fully saturated rings. The highest BCUT2D eigenvalue weighted by Gasteiger charge is 2.50. The van der Waals surface area contributed by atoms with E-state index >= 15 is 0 Å². The van der Waals surface area contributed by atoms with E-state index in [0.717, 1.165) is 5.56 Å². The van der Waals surface area contributed by atoms with Gasteiger partial charge < -0.3 is 21.1 Å². The summed E-state index contributed by atoms with van der Waals surface area (Å²) in [6.07, 6.45) is 0.806. The summed E-state index contributed by atoms with van der Waals surface area (Å²) in [5.74, 6) is -0.768. The third-order valence-corrected chi connectivity index (χ3v) is 5.38. The number of epoxide rings is 1. The SMILES string of the molecule is CC(C)C[C@H](NC(=O)[C@H](Cc1ccccc1)NC(=O)[C@@H](N)C(C)C)C(=O)[C@@]1(C)CO1. The molecule has 2 amide bonds. The van der Waals surface area contributed by atoms with Crippen molar-refractivity contribution in [1.29, 1.82) is 0 Å². The lowest BCUT2D eigenvalue weighted by Gasteiger charge is -2.26. The van der Waals surface area contributed by atoms with Gasteiger partial charge in [-0.3, -0.25) is 14.4 Å². The fraction of sp³-hybridized carbons (Fsp3) is 0.609. The van der Waals surface area contributed by atoms with E-state index < -0.39 is 29.6 Å². The van der Waals surface area contributed by atoms with Crippen molar-refractivity contribution in [2.45, 2.75) is 71.2 Å². The average molecular weight is 418 g/mol. The highest BCUT2D eigenvalue weighted by Crippen LogP contribution is 2.29. The van der Waals surface area contributed by atoms with Crippen LogP contribution in [0.4, 0.5) is 0 Å². The molecule has 1 aromatic carbocycles. The number of hydrogen-bond donors (Lipinski definition) is 3. The second-order valence-corrected chi connectivity index (χ2v) is 9.10. The van der Waals surface area contributed by atoms with Crippen LogP contribution in [-0.4, -0.2) is 47.9 Å². The minimum Gasteiger partial charge on any atom is -0.361 e. The van der Waals surface area contributed by atoms with Crippen molar-refractivity contribution in [3.05, 3.63) is 35.9 Å². The summed E-state index contributed by atoms with van der Waals surface area (Å²) in [7, 11) is 0. The lowest BCUT2D eigenvalue weighted by molar-refractivity contribution is -0.133. The van der Waals surface area contributed by atoms with Gasteiger partial charge in [0.1, 0.15) is 11.6 Å². The van der Waals surface area contributed by atoms with Crippen LogP contribution in [0.1, 0.15) is 46.6 Å². The Morgan fingerprint density at radius 2 is 1.60 bits per heavy atom. The van der Waals surface area contributed by atoms with E-state index in [4.69, 9.17) is 10.5 Å². The Balaban J connectivity index is 2.18. The van der Waals surface area contributed by atoms with E-state index in [2.05, 4.69) is 10.6 Å². The fourth-order valence-electron chi connectivity index (χ4n) is 3.22. The molecule has 1 aliphatic heterocycles. The van der Waals surface area contributed by atoms with Gasteiger partial charge in [-0.2, -0.15) is 0 Å². The van der Waals surface area contributed by atoms with E-state index in [-0.39, 0.29) is 23.5 Å². The monoisotopic (exact) mass is 417 g/mol. The number of hydrogen-bond acceptors (Lipinski definition) is 5. The molecular weight excluding hydrogens is 382 g/mol. The van der Waals surface area contributed by atoms with Gasteiger partial charge >= 0.3 is 0 Å². The van der Waals surface area contributed by atoms with Crippen molar-refractivity contribution >= 4 is 17.6 Å². The van der Waals surface area contributed by atoms with Crippen molar-refractivity contribution < 1.29 is 19.1 Å². The molecule has 1 saturated heterocycles. The average Bonchev–Trinajstić information content (AvgIpc) is 3.44. The molecule has 4 N–H and O–H groups in total. The normalized spacial score (nSPS) is 21.1. The standard InChI is InChI=1S/C23H35N3O4/c1-14(2)11-17(20(27)23(5)13-30-23)25-21(28)18(12-16-9-7-6-8-10-16)26-22(29)19(24)15(3)4/h6-10,14-15,17-19H,11-13,24H2,1-5H3,(H,25,28)(H,26,29)/t17-,18-,19-,23+/m0/s1. The molecule has 1 aromatic rings. The molecule has 0 aliphatic carbocycles. The Kier molecular flexibility index (Phi) is 8.15. The van der Waals surface area contributed by atoms with E-state index in [1.54, 1.807) is 6.92 Å². The highest BCUT2D eigenvalue weighted by atomic mass is 16.6. The minimum atomic E-state index is -0.833. The molecule has 7 heteroatoms. The first-order valence-corrected chi connectivity index (χ1v) is 10.6. The molecule has 0 bridgehead atoms. The first-order valence-electron chi connectivity index (χ1n) is 10.6. The van der Waals surface area contributed by atoms with Crippen LogP contribution in [-0.2, 0) is 25.5 Å². The summed E-state index contributed by atoms with van der Waals surface area (Å²) < 4.78 is 5.29. The second kappa shape index (κ2) is 10.2. The molecule has 1 heterocycles. The summed E-state index contributed by atoms with van der Waals surface area (Å²) in [5.41, 5.74) is 6.04. The smallest absolute Gasteiger partial charge is 0.243 e. The van der Waals surface area contributed by atoms with Crippen LogP contribution < -0.4 is 16.4 Å². The number of nitrogens with one attached hydrogen (secondary N) is 2. The minimum absolute atomic E-state index is 0.0623. The van der Waals surface area contributed by atoms with Gasteiger partial charge in [-0.1, -0.05) is 58.0 Å². The molecule has 30 heavy (non-hydrogen) atoms. The Morgan fingerprint density at radius 1 is 1.03 bits per heavy atom. The number of carbonyl (C=O) groups is 3. The quantitative estimate of drug-likeness (QED) is 0.473. The highest BCUT2D eigenvalue weighted by molar-refractivity contribution is 5.98. The van der Waals surface area contributed by atoms with Crippen LogP contribution in [0.2, 0.25) is 0 Å². The maximum Gasteiger partial charge on any atom is 0.243 e. The van der Waals surface area contributed by atoms with Crippen LogP contribution in [0, 0.1) is 11.8 Å². The number of ether oxygens (including phenoxy) is 1. The molecule has 0 radical (unpaired) electrons. The third kappa shape index (κ3) is 6.64. The first kappa shape index (κ1) is 24.0. The maximum atomic E-state index is 13.2. The summed E-state index contributed by atoms with van der Waals surface area (Å²) in [5, 5.41) is 5.64. The van der Waals surface area contributed by atoms with Crippen LogP contribution in [0.3, 0.4) is 0 Å². The van der Waals surface area contributed by atoms with Gasteiger partial charge in [-0.15, -0.1) is 0 Å². The zero-order valence-electron chi connectivity index (χ0n) is 18.6.